The van der Waals surface area contributed by atoms with E-state index in [9.17, 15) is 0 Å². The Morgan fingerprint density at radius 2 is 1.66 bits per heavy atom. The van der Waals surface area contributed by atoms with Crippen LogP contribution in [0, 0.1) is 18.3 Å². The molecule has 2 aromatic carbocycles. The van der Waals surface area contributed by atoms with Gasteiger partial charge in [-0.15, -0.1) is 0 Å². The second-order valence-electron chi connectivity index (χ2n) is 7.75. The van der Waals surface area contributed by atoms with Crippen LogP contribution in [0.5, 0.6) is 0 Å². The molecule has 0 bridgehead atoms. The second-order valence-corrected chi connectivity index (χ2v) is 7.75. The molecule has 3 aromatic heterocycles. The van der Waals surface area contributed by atoms with Crippen LogP contribution in [-0.2, 0) is 0 Å². The number of benzene rings is 2. The van der Waals surface area contributed by atoms with Crippen LogP contribution >= 0.6 is 0 Å². The average molecular weight is 460 g/mol. The summed E-state index contributed by atoms with van der Waals surface area (Å²) in [6, 6.07) is 19.1. The first-order chi connectivity index (χ1) is 17.2. The molecule has 3 N–H and O–H groups in total. The maximum atomic E-state index is 9.04. The second kappa shape index (κ2) is 9.41. The number of nitrogens with zero attached hydrogens (tertiary/aromatic N) is 6. The number of hydrogen-bond donors (Lipinski definition) is 3. The van der Waals surface area contributed by atoms with E-state index in [1.807, 2.05) is 56.4 Å². The number of nitriles is 1. The summed E-state index contributed by atoms with van der Waals surface area (Å²) < 4.78 is 0. The molecule has 0 unspecified atom stereocenters. The molecule has 170 valence electrons. The van der Waals surface area contributed by atoms with Gasteiger partial charge >= 0.3 is 0 Å². The molecule has 3 heterocycles. The number of nitrogens with one attached hydrogen (secondary N) is 3. The molecule has 0 saturated carbocycles. The quantitative estimate of drug-likeness (QED) is 0.314. The molecule has 0 fully saturated rings. The summed E-state index contributed by atoms with van der Waals surface area (Å²) in [4.78, 5) is 22.2. The van der Waals surface area contributed by atoms with Crippen molar-refractivity contribution in [3.8, 4) is 17.3 Å². The highest BCUT2D eigenvalue weighted by Crippen LogP contribution is 2.34. The minimum absolute atomic E-state index is 0.599. The summed E-state index contributed by atoms with van der Waals surface area (Å²) in [5.41, 5.74) is 5.61. The van der Waals surface area contributed by atoms with E-state index in [4.69, 9.17) is 5.26 Å². The zero-order chi connectivity index (χ0) is 24.2. The number of hydrogen-bond acceptors (Lipinski definition) is 9. The maximum absolute atomic E-state index is 9.04. The van der Waals surface area contributed by atoms with E-state index in [0.717, 1.165) is 44.9 Å². The van der Waals surface area contributed by atoms with Gasteiger partial charge in [0, 0.05) is 35.9 Å². The zero-order valence-electron chi connectivity index (χ0n) is 19.1. The number of fused-ring (bicyclic) bond motifs is 1. The van der Waals surface area contributed by atoms with E-state index in [2.05, 4.69) is 46.9 Å². The first-order valence-electron chi connectivity index (χ1n) is 10.9. The van der Waals surface area contributed by atoms with Gasteiger partial charge in [-0.3, -0.25) is 0 Å². The fourth-order valence-corrected chi connectivity index (χ4v) is 3.72. The van der Waals surface area contributed by atoms with Gasteiger partial charge in [0.05, 0.1) is 28.5 Å². The lowest BCUT2D eigenvalue weighted by Crippen LogP contribution is -2.03. The van der Waals surface area contributed by atoms with Crippen LogP contribution < -0.4 is 16.0 Å². The lowest BCUT2D eigenvalue weighted by molar-refractivity contribution is 1.16. The lowest BCUT2D eigenvalue weighted by atomic mass is 10.1. The number of aromatic nitrogens is 5. The van der Waals surface area contributed by atoms with E-state index in [1.54, 1.807) is 18.3 Å². The normalized spacial score (nSPS) is 10.5. The molecule has 0 atom stereocenters. The molecule has 0 aliphatic heterocycles. The maximum Gasteiger partial charge on any atom is 0.141 e. The Kier molecular flexibility index (Phi) is 5.84. The van der Waals surface area contributed by atoms with Crippen molar-refractivity contribution >= 4 is 39.7 Å². The summed E-state index contributed by atoms with van der Waals surface area (Å²) >= 11 is 0. The highest BCUT2D eigenvalue weighted by Gasteiger charge is 2.15. The highest BCUT2D eigenvalue weighted by molar-refractivity contribution is 6.00. The summed E-state index contributed by atoms with van der Waals surface area (Å²) in [6.07, 6.45) is 4.79. The summed E-state index contributed by atoms with van der Waals surface area (Å²) in [5, 5.41) is 19.7. The van der Waals surface area contributed by atoms with Crippen molar-refractivity contribution in [1.82, 2.24) is 24.9 Å². The van der Waals surface area contributed by atoms with Crippen molar-refractivity contribution in [1.29, 1.82) is 5.26 Å². The zero-order valence-corrected chi connectivity index (χ0v) is 19.1. The first-order valence-corrected chi connectivity index (χ1v) is 10.9. The van der Waals surface area contributed by atoms with Crippen LogP contribution in [0.1, 0.15) is 11.1 Å². The van der Waals surface area contributed by atoms with Gasteiger partial charge in [-0.25, -0.2) is 24.9 Å². The number of rotatable bonds is 6. The molecule has 9 heteroatoms. The van der Waals surface area contributed by atoms with Crippen molar-refractivity contribution in [2.75, 3.05) is 23.0 Å². The van der Waals surface area contributed by atoms with E-state index in [-0.39, 0.29) is 0 Å². The smallest absolute Gasteiger partial charge is 0.141 e. The third-order valence-electron chi connectivity index (χ3n) is 5.54. The van der Waals surface area contributed by atoms with Crippen LogP contribution in [0.2, 0.25) is 0 Å². The summed E-state index contributed by atoms with van der Waals surface area (Å²) in [7, 11) is 1.82. The Labute approximate surface area is 202 Å². The third-order valence-corrected chi connectivity index (χ3v) is 5.54. The van der Waals surface area contributed by atoms with Crippen LogP contribution in [0.4, 0.5) is 28.8 Å². The van der Waals surface area contributed by atoms with Gasteiger partial charge in [0.15, 0.2) is 0 Å². The number of anilines is 5. The molecule has 0 amide bonds. The molecular formula is C26H21N9. The minimum atomic E-state index is 0.599. The van der Waals surface area contributed by atoms with Gasteiger partial charge in [0.2, 0.25) is 0 Å². The molecule has 35 heavy (non-hydrogen) atoms. The Hall–Kier alpha value is -5.10. The fraction of sp³-hybridized carbons (Fsp3) is 0.0769. The Morgan fingerprint density at radius 3 is 2.46 bits per heavy atom. The van der Waals surface area contributed by atoms with E-state index in [1.165, 1.54) is 12.7 Å². The monoisotopic (exact) mass is 459 g/mol. The van der Waals surface area contributed by atoms with Gasteiger partial charge in [0.25, 0.3) is 0 Å². The highest BCUT2D eigenvalue weighted by atomic mass is 15.0. The van der Waals surface area contributed by atoms with E-state index in [0.29, 0.717) is 17.2 Å². The van der Waals surface area contributed by atoms with Gasteiger partial charge in [-0.05, 0) is 55.0 Å². The molecule has 5 aromatic rings. The van der Waals surface area contributed by atoms with Gasteiger partial charge < -0.3 is 16.0 Å². The molecule has 0 aliphatic carbocycles. The first kappa shape index (κ1) is 21.7. The summed E-state index contributed by atoms with van der Waals surface area (Å²) in [6.45, 7) is 2.02. The number of aryl methyl sites for hydroxylation is 1. The Bertz CT molecular complexity index is 1560. The van der Waals surface area contributed by atoms with Crippen LogP contribution in [-0.4, -0.2) is 32.0 Å². The standard InChI is InChI=1S/C26H21N9/c1-16-5-10-20-24(32-15-33-26(20)34-18-8-6-17(13-27)7-9-18)23(16)35-25-19(4-3-11-29-25)21-12-22(28-2)31-14-30-21/h3-12,14-15H,1-2H3,(H,29,35)(H,28,30,31)(H,32,33,34). The predicted molar refractivity (Wildman–Crippen MR) is 137 cm³/mol. The lowest BCUT2D eigenvalue weighted by Gasteiger charge is -2.16. The SMILES string of the molecule is CNc1cc(-c2cccnc2Nc2c(C)ccc3c(Nc4ccc(C#N)cc4)ncnc23)ncn1. The van der Waals surface area contributed by atoms with Gasteiger partial charge in [-0.2, -0.15) is 5.26 Å². The van der Waals surface area contributed by atoms with Crippen LogP contribution in [0.3, 0.4) is 0 Å². The van der Waals surface area contributed by atoms with Crippen molar-refractivity contribution < 1.29 is 0 Å². The average Bonchev–Trinajstić information content (AvgIpc) is 2.91. The minimum Gasteiger partial charge on any atom is -0.373 e. The molecule has 5 rings (SSSR count). The van der Waals surface area contributed by atoms with E-state index < -0.39 is 0 Å². The molecule has 0 spiro atoms. The molecule has 0 saturated heterocycles. The van der Waals surface area contributed by atoms with Crippen molar-refractivity contribution in [2.24, 2.45) is 0 Å². The molecule has 0 aliphatic rings. The third kappa shape index (κ3) is 4.41. The van der Waals surface area contributed by atoms with Crippen LogP contribution in [0.15, 0.2) is 73.4 Å². The van der Waals surface area contributed by atoms with Crippen molar-refractivity contribution in [2.45, 2.75) is 6.92 Å². The van der Waals surface area contributed by atoms with Gasteiger partial charge in [-0.1, -0.05) is 6.07 Å². The number of pyridine rings is 1. The van der Waals surface area contributed by atoms with Crippen molar-refractivity contribution in [3.05, 3.63) is 84.6 Å². The van der Waals surface area contributed by atoms with Crippen LogP contribution in [0.25, 0.3) is 22.2 Å². The van der Waals surface area contributed by atoms with Crippen molar-refractivity contribution in [3.63, 3.8) is 0 Å². The predicted octanol–water partition coefficient (Wildman–Crippen LogP) is 5.19. The Balaban J connectivity index is 1.55. The van der Waals surface area contributed by atoms with Gasteiger partial charge in [0.1, 0.15) is 30.1 Å². The topological polar surface area (TPSA) is 124 Å². The largest absolute Gasteiger partial charge is 0.373 e. The molecule has 0 radical (unpaired) electrons. The fourth-order valence-electron chi connectivity index (χ4n) is 3.72. The molecular weight excluding hydrogens is 438 g/mol. The molecule has 9 nitrogen and oxygen atoms in total. The van der Waals surface area contributed by atoms with E-state index >= 15 is 0 Å². The Morgan fingerprint density at radius 1 is 0.829 bits per heavy atom. The summed E-state index contributed by atoms with van der Waals surface area (Å²) in [5.74, 6) is 2.04.